The Balaban J connectivity index is 1.26. The Bertz CT molecular complexity index is 1010. The highest BCUT2D eigenvalue weighted by Gasteiger charge is 2.24. The van der Waals surface area contributed by atoms with Gasteiger partial charge in [-0.3, -0.25) is 9.11 Å². The molecule has 2 aliphatic heterocycles. The van der Waals surface area contributed by atoms with Crippen molar-refractivity contribution in [3.8, 4) is 0 Å². The van der Waals surface area contributed by atoms with Crippen LogP contribution in [0, 0.1) is 0 Å². The van der Waals surface area contributed by atoms with Crippen LogP contribution in [-0.4, -0.2) is 52.6 Å². The van der Waals surface area contributed by atoms with Gasteiger partial charge in [0.15, 0.2) is 0 Å². The lowest BCUT2D eigenvalue weighted by molar-refractivity contribution is 0.249. The maximum Gasteiger partial charge on any atom is 0.150 e. The van der Waals surface area contributed by atoms with Crippen LogP contribution in [0.3, 0.4) is 0 Å². The fourth-order valence-electron chi connectivity index (χ4n) is 3.95. The molecule has 27 heavy (non-hydrogen) atoms. The molecule has 0 amide bonds. The van der Waals surface area contributed by atoms with E-state index in [1.54, 1.807) is 11.5 Å². The Labute approximate surface area is 165 Å². The second-order valence-electron chi connectivity index (χ2n) is 7.24. The highest BCUT2D eigenvalue weighted by molar-refractivity contribution is 7.85. The number of nitrogens with zero attached hydrogens (tertiary/aromatic N) is 4. The molecule has 1 fully saturated rings. The van der Waals surface area contributed by atoms with E-state index in [0.29, 0.717) is 5.88 Å². The zero-order valence-corrected chi connectivity index (χ0v) is 16.9. The van der Waals surface area contributed by atoms with Crippen molar-refractivity contribution in [2.45, 2.75) is 11.4 Å². The average Bonchev–Trinajstić information content (AvgIpc) is 3.24. The standard InChI is InChI=1S/C20H22N4OS2/c1-22-14-27(25)19-12-15(6-7-17(19)22)13-23-8-10-24(11-9-23)20-16-4-2-3-5-18(16)26-21-20/h2-7,12H,8-11,13-14H2,1H3. The van der Waals surface area contributed by atoms with Crippen LogP contribution in [0.15, 0.2) is 47.4 Å². The van der Waals surface area contributed by atoms with Crippen molar-refractivity contribution in [1.82, 2.24) is 9.27 Å². The molecule has 1 unspecified atom stereocenters. The highest BCUT2D eigenvalue weighted by Crippen LogP contribution is 2.32. The van der Waals surface area contributed by atoms with E-state index >= 15 is 0 Å². The predicted molar refractivity (Wildman–Crippen MR) is 113 cm³/mol. The molecule has 5 rings (SSSR count). The van der Waals surface area contributed by atoms with E-state index < -0.39 is 10.8 Å². The number of piperazine rings is 1. The summed E-state index contributed by atoms with van der Waals surface area (Å²) in [6.07, 6.45) is 0. The summed E-state index contributed by atoms with van der Waals surface area (Å²) in [4.78, 5) is 7.95. The van der Waals surface area contributed by atoms with Gasteiger partial charge in [-0.05, 0) is 41.4 Å². The molecule has 3 heterocycles. The lowest BCUT2D eigenvalue weighted by atomic mass is 10.1. The van der Waals surface area contributed by atoms with E-state index in [1.807, 2.05) is 7.05 Å². The van der Waals surface area contributed by atoms with Crippen LogP contribution in [0.5, 0.6) is 0 Å². The second-order valence-corrected chi connectivity index (χ2v) is 9.43. The molecule has 0 bridgehead atoms. The first-order valence-corrected chi connectivity index (χ1v) is 11.3. The van der Waals surface area contributed by atoms with Crippen molar-refractivity contribution in [3.63, 3.8) is 0 Å². The monoisotopic (exact) mass is 398 g/mol. The quantitative estimate of drug-likeness (QED) is 0.678. The van der Waals surface area contributed by atoms with Crippen molar-refractivity contribution in [2.75, 3.05) is 48.9 Å². The zero-order valence-electron chi connectivity index (χ0n) is 15.3. The normalized spacial score (nSPS) is 20.4. The van der Waals surface area contributed by atoms with Gasteiger partial charge in [0.2, 0.25) is 0 Å². The van der Waals surface area contributed by atoms with Crippen molar-refractivity contribution >= 4 is 43.9 Å². The van der Waals surface area contributed by atoms with E-state index in [1.165, 1.54) is 15.6 Å². The molecule has 3 aromatic rings. The Morgan fingerprint density at radius 2 is 1.93 bits per heavy atom. The van der Waals surface area contributed by atoms with Crippen molar-refractivity contribution in [1.29, 1.82) is 0 Å². The van der Waals surface area contributed by atoms with Crippen molar-refractivity contribution < 1.29 is 4.21 Å². The lowest BCUT2D eigenvalue weighted by Crippen LogP contribution is -2.46. The number of aromatic nitrogens is 1. The number of fused-ring (bicyclic) bond motifs is 2. The molecule has 7 heteroatoms. The summed E-state index contributed by atoms with van der Waals surface area (Å²) in [6.45, 7) is 4.94. The zero-order chi connectivity index (χ0) is 18.4. The van der Waals surface area contributed by atoms with Gasteiger partial charge < -0.3 is 9.80 Å². The second kappa shape index (κ2) is 6.89. The summed E-state index contributed by atoms with van der Waals surface area (Å²) in [7, 11) is 1.11. The summed E-state index contributed by atoms with van der Waals surface area (Å²) in [6, 6.07) is 14.9. The molecule has 0 aliphatic carbocycles. The molecular formula is C20H22N4OS2. The van der Waals surface area contributed by atoms with Crippen LogP contribution in [0.25, 0.3) is 10.1 Å². The third kappa shape index (κ3) is 3.13. The third-order valence-corrected chi connectivity index (χ3v) is 7.68. The van der Waals surface area contributed by atoms with Gasteiger partial charge in [-0.25, -0.2) is 0 Å². The maximum absolute atomic E-state index is 12.2. The molecule has 140 valence electrons. The molecular weight excluding hydrogens is 376 g/mol. The van der Waals surface area contributed by atoms with Crippen LogP contribution < -0.4 is 9.80 Å². The molecule has 0 saturated carbocycles. The van der Waals surface area contributed by atoms with Gasteiger partial charge in [-0.1, -0.05) is 18.2 Å². The first-order valence-electron chi connectivity index (χ1n) is 9.23. The van der Waals surface area contributed by atoms with Gasteiger partial charge in [0.1, 0.15) is 5.82 Å². The van der Waals surface area contributed by atoms with E-state index in [2.05, 4.69) is 57.2 Å². The average molecular weight is 399 g/mol. The van der Waals surface area contributed by atoms with Crippen LogP contribution >= 0.6 is 11.5 Å². The summed E-state index contributed by atoms with van der Waals surface area (Å²) < 4.78 is 18.2. The van der Waals surface area contributed by atoms with Crippen molar-refractivity contribution in [2.24, 2.45) is 0 Å². The van der Waals surface area contributed by atoms with Gasteiger partial charge in [-0.15, -0.1) is 0 Å². The summed E-state index contributed by atoms with van der Waals surface area (Å²) in [5.74, 6) is 1.74. The molecule has 1 aromatic heterocycles. The van der Waals surface area contributed by atoms with E-state index in [0.717, 1.165) is 49.1 Å². The van der Waals surface area contributed by atoms with Crippen LogP contribution in [0.1, 0.15) is 5.56 Å². The number of hydrogen-bond donors (Lipinski definition) is 0. The Morgan fingerprint density at radius 1 is 1.11 bits per heavy atom. The van der Waals surface area contributed by atoms with Gasteiger partial charge in [-0.2, -0.15) is 4.37 Å². The van der Waals surface area contributed by atoms with Gasteiger partial charge in [0.25, 0.3) is 0 Å². The Kier molecular flexibility index (Phi) is 4.38. The molecule has 0 radical (unpaired) electrons. The van der Waals surface area contributed by atoms with E-state index in [-0.39, 0.29) is 0 Å². The SMILES string of the molecule is CN1CS(=O)c2cc(CN3CCN(c4nsc5ccccc45)CC3)ccc21. The first kappa shape index (κ1) is 17.2. The number of rotatable bonds is 3. The Morgan fingerprint density at radius 3 is 2.78 bits per heavy atom. The van der Waals surface area contributed by atoms with Crippen LogP contribution in [-0.2, 0) is 17.3 Å². The number of hydrogen-bond acceptors (Lipinski definition) is 6. The predicted octanol–water partition coefficient (Wildman–Crippen LogP) is 3.13. The number of benzene rings is 2. The molecule has 2 aromatic carbocycles. The molecule has 0 spiro atoms. The molecule has 2 aliphatic rings. The van der Waals surface area contributed by atoms with E-state index in [4.69, 9.17) is 4.37 Å². The number of anilines is 2. The lowest BCUT2D eigenvalue weighted by Gasteiger charge is -2.35. The fourth-order valence-corrected chi connectivity index (χ4v) is 6.11. The first-order chi connectivity index (χ1) is 13.2. The van der Waals surface area contributed by atoms with Gasteiger partial charge in [0, 0.05) is 45.2 Å². The van der Waals surface area contributed by atoms with Crippen LogP contribution in [0.4, 0.5) is 11.5 Å². The fraction of sp³-hybridized carbons (Fsp3) is 0.350. The minimum atomic E-state index is -0.892. The smallest absolute Gasteiger partial charge is 0.150 e. The molecule has 1 saturated heterocycles. The third-order valence-electron chi connectivity index (χ3n) is 5.43. The largest absolute Gasteiger partial charge is 0.361 e. The molecule has 1 atom stereocenters. The van der Waals surface area contributed by atoms with Gasteiger partial charge in [0.05, 0.1) is 32.0 Å². The molecule has 5 nitrogen and oxygen atoms in total. The van der Waals surface area contributed by atoms with Crippen LogP contribution in [0.2, 0.25) is 0 Å². The molecule has 0 N–H and O–H groups in total. The Hall–Kier alpha value is -1.96. The highest BCUT2D eigenvalue weighted by atomic mass is 32.2. The van der Waals surface area contributed by atoms with Crippen molar-refractivity contribution in [3.05, 3.63) is 48.0 Å². The van der Waals surface area contributed by atoms with E-state index in [9.17, 15) is 4.21 Å². The topological polar surface area (TPSA) is 39.7 Å². The minimum Gasteiger partial charge on any atom is -0.361 e. The van der Waals surface area contributed by atoms with Gasteiger partial charge >= 0.3 is 0 Å². The summed E-state index contributed by atoms with van der Waals surface area (Å²) >= 11 is 1.58. The summed E-state index contributed by atoms with van der Waals surface area (Å²) in [5, 5.41) is 1.26. The maximum atomic E-state index is 12.2. The minimum absolute atomic E-state index is 0.610. The summed E-state index contributed by atoms with van der Waals surface area (Å²) in [5.41, 5.74) is 2.36.